The van der Waals surface area contributed by atoms with Crippen molar-refractivity contribution in [3.05, 3.63) is 29.3 Å². The van der Waals surface area contributed by atoms with Crippen LogP contribution in [0.15, 0.2) is 18.2 Å². The van der Waals surface area contributed by atoms with Gasteiger partial charge in [-0.1, -0.05) is 0 Å². The van der Waals surface area contributed by atoms with Crippen LogP contribution in [0.2, 0.25) is 0 Å². The van der Waals surface area contributed by atoms with Crippen LogP contribution in [0.5, 0.6) is 0 Å². The molecule has 0 aliphatic rings. The van der Waals surface area contributed by atoms with Crippen molar-refractivity contribution in [3.8, 4) is 0 Å². The van der Waals surface area contributed by atoms with Crippen molar-refractivity contribution in [2.45, 2.75) is 6.92 Å². The lowest BCUT2D eigenvalue weighted by molar-refractivity contribution is 0.0827. The molecule has 0 atom stereocenters. The molecule has 0 saturated heterocycles. The maximum absolute atomic E-state index is 11.8. The third-order valence-electron chi connectivity index (χ3n) is 2.36. The fraction of sp³-hybridized carbons (Fsp3) is 0.417. The maximum Gasteiger partial charge on any atom is 0.253 e. The Balaban J connectivity index is 3.08. The van der Waals surface area contributed by atoms with E-state index in [0.717, 1.165) is 16.8 Å². The van der Waals surface area contributed by atoms with Gasteiger partial charge in [-0.15, -0.1) is 0 Å². The molecule has 1 aromatic rings. The molecule has 1 amide bonds. The van der Waals surface area contributed by atoms with Gasteiger partial charge in [0, 0.05) is 39.4 Å². The van der Waals surface area contributed by atoms with Gasteiger partial charge in [0.25, 0.3) is 5.91 Å². The summed E-state index contributed by atoms with van der Waals surface area (Å²) >= 11 is 0. The van der Waals surface area contributed by atoms with E-state index in [1.807, 2.05) is 44.1 Å². The SMILES string of the molecule is Cc1cc(N(C)C)ccc1C(=O)N(C)C. The highest BCUT2D eigenvalue weighted by Gasteiger charge is 2.11. The second-order valence-electron chi connectivity index (χ2n) is 4.09. The largest absolute Gasteiger partial charge is 0.378 e. The van der Waals surface area contributed by atoms with Crippen molar-refractivity contribution in [3.63, 3.8) is 0 Å². The predicted octanol–water partition coefficient (Wildman–Crippen LogP) is 1.76. The lowest BCUT2D eigenvalue weighted by Gasteiger charge is -2.16. The van der Waals surface area contributed by atoms with Crippen LogP contribution < -0.4 is 4.90 Å². The van der Waals surface area contributed by atoms with E-state index in [1.165, 1.54) is 0 Å². The van der Waals surface area contributed by atoms with E-state index in [0.29, 0.717) is 0 Å². The summed E-state index contributed by atoms with van der Waals surface area (Å²) in [6, 6.07) is 5.87. The molecule has 0 heterocycles. The normalized spacial score (nSPS) is 9.93. The Morgan fingerprint density at radius 3 is 2.13 bits per heavy atom. The Morgan fingerprint density at radius 1 is 1.13 bits per heavy atom. The molecule has 1 rings (SSSR count). The quantitative estimate of drug-likeness (QED) is 0.736. The second kappa shape index (κ2) is 4.34. The van der Waals surface area contributed by atoms with Gasteiger partial charge in [-0.25, -0.2) is 0 Å². The Labute approximate surface area is 91.3 Å². The summed E-state index contributed by atoms with van der Waals surface area (Å²) < 4.78 is 0. The monoisotopic (exact) mass is 206 g/mol. The number of carbonyl (C=O) groups excluding carboxylic acids is 1. The van der Waals surface area contributed by atoms with Gasteiger partial charge in [-0.2, -0.15) is 0 Å². The predicted molar refractivity (Wildman–Crippen MR) is 63.5 cm³/mol. The lowest BCUT2D eigenvalue weighted by Crippen LogP contribution is -2.22. The third kappa shape index (κ3) is 2.49. The zero-order chi connectivity index (χ0) is 11.6. The molecule has 15 heavy (non-hydrogen) atoms. The summed E-state index contributed by atoms with van der Waals surface area (Å²) in [5.41, 5.74) is 2.90. The molecule has 0 aliphatic heterocycles. The zero-order valence-electron chi connectivity index (χ0n) is 10.0. The van der Waals surface area contributed by atoms with Crippen LogP contribution in [0.4, 0.5) is 5.69 Å². The van der Waals surface area contributed by atoms with Crippen molar-refractivity contribution in [1.82, 2.24) is 4.90 Å². The molecule has 0 bridgehead atoms. The summed E-state index contributed by atoms with van der Waals surface area (Å²) in [5, 5.41) is 0. The van der Waals surface area contributed by atoms with Gasteiger partial charge in [0.15, 0.2) is 0 Å². The highest BCUT2D eigenvalue weighted by Crippen LogP contribution is 2.18. The van der Waals surface area contributed by atoms with Crippen molar-refractivity contribution in [1.29, 1.82) is 0 Å². The van der Waals surface area contributed by atoms with Crippen LogP contribution in [0, 0.1) is 6.92 Å². The molecule has 3 nitrogen and oxygen atoms in total. The van der Waals surface area contributed by atoms with Gasteiger partial charge in [0.2, 0.25) is 0 Å². The molecule has 0 fully saturated rings. The molecular weight excluding hydrogens is 188 g/mol. The Morgan fingerprint density at radius 2 is 1.73 bits per heavy atom. The Bertz CT molecular complexity index is 370. The standard InChI is InChI=1S/C12H18N2O/c1-9-8-10(13(2)3)6-7-11(9)12(15)14(4)5/h6-8H,1-5H3. The highest BCUT2D eigenvalue weighted by atomic mass is 16.2. The average Bonchev–Trinajstić information content (AvgIpc) is 2.16. The molecule has 0 N–H and O–H groups in total. The van der Waals surface area contributed by atoms with Crippen LogP contribution in [-0.4, -0.2) is 39.0 Å². The van der Waals surface area contributed by atoms with E-state index in [9.17, 15) is 4.79 Å². The first-order chi connectivity index (χ1) is 6.93. The first-order valence-electron chi connectivity index (χ1n) is 4.93. The van der Waals surface area contributed by atoms with Crippen LogP contribution >= 0.6 is 0 Å². The van der Waals surface area contributed by atoms with Crippen molar-refractivity contribution in [2.75, 3.05) is 33.1 Å². The van der Waals surface area contributed by atoms with Crippen molar-refractivity contribution >= 4 is 11.6 Å². The number of nitrogens with zero attached hydrogens (tertiary/aromatic N) is 2. The molecule has 3 heteroatoms. The number of benzene rings is 1. The molecule has 1 aromatic carbocycles. The van der Waals surface area contributed by atoms with E-state index in [1.54, 1.807) is 19.0 Å². The number of hydrogen-bond donors (Lipinski definition) is 0. The number of carbonyl (C=O) groups is 1. The minimum atomic E-state index is 0.0535. The van der Waals surface area contributed by atoms with Crippen LogP contribution in [0.3, 0.4) is 0 Å². The van der Waals surface area contributed by atoms with Crippen molar-refractivity contribution in [2.24, 2.45) is 0 Å². The second-order valence-corrected chi connectivity index (χ2v) is 4.09. The average molecular weight is 206 g/mol. The molecule has 0 aromatic heterocycles. The fourth-order valence-electron chi connectivity index (χ4n) is 1.41. The summed E-state index contributed by atoms with van der Waals surface area (Å²) in [6.07, 6.45) is 0. The molecule has 0 saturated carbocycles. The number of rotatable bonds is 2. The summed E-state index contributed by atoms with van der Waals surface area (Å²) in [4.78, 5) is 15.4. The van der Waals surface area contributed by atoms with Crippen LogP contribution in [0.25, 0.3) is 0 Å². The summed E-state index contributed by atoms with van der Waals surface area (Å²) in [7, 11) is 7.51. The van der Waals surface area contributed by atoms with Crippen LogP contribution in [0.1, 0.15) is 15.9 Å². The Kier molecular flexibility index (Phi) is 3.35. The fourth-order valence-corrected chi connectivity index (χ4v) is 1.41. The Hall–Kier alpha value is -1.51. The van der Waals surface area contributed by atoms with Gasteiger partial charge in [0.05, 0.1) is 0 Å². The maximum atomic E-state index is 11.8. The molecular formula is C12H18N2O. The smallest absolute Gasteiger partial charge is 0.253 e. The van der Waals surface area contributed by atoms with Crippen LogP contribution in [-0.2, 0) is 0 Å². The molecule has 0 aliphatic carbocycles. The number of hydrogen-bond acceptors (Lipinski definition) is 2. The van der Waals surface area contributed by atoms with E-state index in [-0.39, 0.29) is 5.91 Å². The minimum Gasteiger partial charge on any atom is -0.378 e. The number of amides is 1. The van der Waals surface area contributed by atoms with Gasteiger partial charge in [0.1, 0.15) is 0 Å². The number of anilines is 1. The molecule has 82 valence electrons. The van der Waals surface area contributed by atoms with Crippen molar-refractivity contribution < 1.29 is 4.79 Å². The zero-order valence-corrected chi connectivity index (χ0v) is 10.0. The summed E-state index contributed by atoms with van der Waals surface area (Å²) in [6.45, 7) is 1.96. The summed E-state index contributed by atoms with van der Waals surface area (Å²) in [5.74, 6) is 0.0535. The molecule has 0 radical (unpaired) electrons. The van der Waals surface area contributed by atoms with E-state index in [4.69, 9.17) is 0 Å². The minimum absolute atomic E-state index is 0.0535. The first-order valence-corrected chi connectivity index (χ1v) is 4.93. The van der Waals surface area contributed by atoms with E-state index >= 15 is 0 Å². The van der Waals surface area contributed by atoms with Gasteiger partial charge >= 0.3 is 0 Å². The lowest BCUT2D eigenvalue weighted by atomic mass is 10.1. The highest BCUT2D eigenvalue weighted by molar-refractivity contribution is 5.95. The van der Waals surface area contributed by atoms with E-state index < -0.39 is 0 Å². The first kappa shape index (κ1) is 11.6. The van der Waals surface area contributed by atoms with Gasteiger partial charge in [-0.05, 0) is 30.7 Å². The third-order valence-corrected chi connectivity index (χ3v) is 2.36. The van der Waals surface area contributed by atoms with E-state index in [2.05, 4.69) is 0 Å². The molecule has 0 unspecified atom stereocenters. The number of aryl methyl sites for hydroxylation is 1. The topological polar surface area (TPSA) is 23.6 Å². The van der Waals surface area contributed by atoms with Gasteiger partial charge < -0.3 is 9.80 Å². The van der Waals surface area contributed by atoms with Gasteiger partial charge in [-0.3, -0.25) is 4.79 Å². The molecule has 0 spiro atoms.